The quantitative estimate of drug-likeness (QED) is 0.708. The van der Waals surface area contributed by atoms with Crippen LogP contribution in [0.2, 0.25) is 10.0 Å². The fraction of sp³-hybridized carbons (Fsp3) is 0.368. The second-order valence-electron chi connectivity index (χ2n) is 6.37. The van der Waals surface area contributed by atoms with E-state index in [1.165, 1.54) is 18.2 Å². The molecule has 0 saturated carbocycles. The van der Waals surface area contributed by atoms with Gasteiger partial charge in [0.15, 0.2) is 0 Å². The first kappa shape index (κ1) is 21.4. The standard InChI is InChI=1S/C19H22Cl2N2O4S/c1-26-15-4-2-14(3-5-15)19(23-8-10-27-11-9-23)13-22-28(24,25)16-6-7-17(20)18(21)12-16/h2-7,12,19,22H,8-11,13H2,1H3. The first-order chi connectivity index (χ1) is 13.4. The maximum Gasteiger partial charge on any atom is 0.240 e. The highest BCUT2D eigenvalue weighted by atomic mass is 35.5. The summed E-state index contributed by atoms with van der Waals surface area (Å²) in [6.07, 6.45) is 0. The minimum absolute atomic E-state index is 0.0809. The lowest BCUT2D eigenvalue weighted by Crippen LogP contribution is -2.43. The van der Waals surface area contributed by atoms with Gasteiger partial charge < -0.3 is 9.47 Å². The van der Waals surface area contributed by atoms with E-state index in [4.69, 9.17) is 32.7 Å². The molecule has 1 unspecified atom stereocenters. The number of nitrogens with one attached hydrogen (secondary N) is 1. The van der Waals surface area contributed by atoms with E-state index in [-0.39, 0.29) is 22.5 Å². The lowest BCUT2D eigenvalue weighted by Gasteiger charge is -2.35. The largest absolute Gasteiger partial charge is 0.497 e. The van der Waals surface area contributed by atoms with Gasteiger partial charge >= 0.3 is 0 Å². The van der Waals surface area contributed by atoms with E-state index < -0.39 is 10.0 Å². The average Bonchev–Trinajstić information content (AvgIpc) is 2.71. The van der Waals surface area contributed by atoms with Gasteiger partial charge in [0, 0.05) is 25.7 Å². The van der Waals surface area contributed by atoms with Crippen LogP contribution in [0, 0.1) is 0 Å². The molecule has 28 heavy (non-hydrogen) atoms. The van der Waals surface area contributed by atoms with Gasteiger partial charge in [0.2, 0.25) is 10.0 Å². The van der Waals surface area contributed by atoms with Gasteiger partial charge in [-0.15, -0.1) is 0 Å². The Kier molecular flexibility index (Phi) is 7.20. The predicted octanol–water partition coefficient (Wildman–Crippen LogP) is 3.35. The van der Waals surface area contributed by atoms with Crippen molar-refractivity contribution in [1.29, 1.82) is 0 Å². The first-order valence-electron chi connectivity index (χ1n) is 8.81. The molecule has 0 radical (unpaired) electrons. The average molecular weight is 445 g/mol. The Bertz CT molecular complexity index is 901. The van der Waals surface area contributed by atoms with E-state index in [0.717, 1.165) is 24.4 Å². The van der Waals surface area contributed by atoms with Crippen molar-refractivity contribution in [1.82, 2.24) is 9.62 Å². The molecule has 6 nitrogen and oxygen atoms in total. The van der Waals surface area contributed by atoms with Gasteiger partial charge in [0.05, 0.1) is 35.3 Å². The van der Waals surface area contributed by atoms with Crippen LogP contribution < -0.4 is 9.46 Å². The van der Waals surface area contributed by atoms with E-state index in [9.17, 15) is 8.42 Å². The summed E-state index contributed by atoms with van der Waals surface area (Å²) in [5.74, 6) is 0.751. The molecule has 1 heterocycles. The van der Waals surface area contributed by atoms with Gasteiger partial charge in [-0.1, -0.05) is 35.3 Å². The highest BCUT2D eigenvalue weighted by molar-refractivity contribution is 7.89. The Hall–Kier alpha value is -1.35. The molecule has 152 valence electrons. The zero-order chi connectivity index (χ0) is 20.1. The third-order valence-electron chi connectivity index (χ3n) is 4.66. The minimum atomic E-state index is -3.73. The van der Waals surface area contributed by atoms with Crippen LogP contribution >= 0.6 is 23.2 Å². The van der Waals surface area contributed by atoms with Crippen LogP contribution in [-0.2, 0) is 14.8 Å². The molecule has 1 aliphatic rings. The summed E-state index contributed by atoms with van der Waals surface area (Å²) in [5, 5.41) is 0.509. The summed E-state index contributed by atoms with van der Waals surface area (Å²) in [7, 11) is -2.12. The molecule has 1 aliphatic heterocycles. The predicted molar refractivity (Wildman–Crippen MR) is 110 cm³/mol. The van der Waals surface area contributed by atoms with Gasteiger partial charge in [-0.25, -0.2) is 13.1 Å². The number of nitrogens with zero attached hydrogens (tertiary/aromatic N) is 1. The molecule has 0 aromatic heterocycles. The summed E-state index contributed by atoms with van der Waals surface area (Å²) >= 11 is 11.9. The number of hydrogen-bond donors (Lipinski definition) is 1. The summed E-state index contributed by atoms with van der Waals surface area (Å²) in [4.78, 5) is 2.29. The molecule has 1 saturated heterocycles. The summed E-state index contributed by atoms with van der Waals surface area (Å²) in [6.45, 7) is 2.91. The van der Waals surface area contributed by atoms with Crippen LogP contribution in [0.4, 0.5) is 0 Å². The zero-order valence-corrected chi connectivity index (χ0v) is 17.7. The number of ether oxygens (including phenoxy) is 2. The highest BCUT2D eigenvalue weighted by Crippen LogP contribution is 2.26. The van der Waals surface area contributed by atoms with Gasteiger partial charge in [0.25, 0.3) is 0 Å². The van der Waals surface area contributed by atoms with Crippen LogP contribution in [0.1, 0.15) is 11.6 Å². The molecule has 0 aliphatic carbocycles. The van der Waals surface area contributed by atoms with Crippen molar-refractivity contribution >= 4 is 33.2 Å². The van der Waals surface area contributed by atoms with E-state index in [2.05, 4.69) is 9.62 Å². The molecule has 3 rings (SSSR count). The monoisotopic (exact) mass is 444 g/mol. The minimum Gasteiger partial charge on any atom is -0.497 e. The molecule has 0 bridgehead atoms. The Morgan fingerprint density at radius 2 is 1.79 bits per heavy atom. The molecule has 0 spiro atoms. The smallest absolute Gasteiger partial charge is 0.240 e. The molecule has 1 atom stereocenters. The van der Waals surface area contributed by atoms with Gasteiger partial charge in [0.1, 0.15) is 5.75 Å². The van der Waals surface area contributed by atoms with Crippen molar-refractivity contribution in [2.75, 3.05) is 40.0 Å². The molecule has 1 fully saturated rings. The van der Waals surface area contributed by atoms with Gasteiger partial charge in [-0.2, -0.15) is 0 Å². The van der Waals surface area contributed by atoms with Gasteiger partial charge in [-0.05, 0) is 35.9 Å². The van der Waals surface area contributed by atoms with Crippen molar-refractivity contribution < 1.29 is 17.9 Å². The van der Waals surface area contributed by atoms with E-state index >= 15 is 0 Å². The molecule has 9 heteroatoms. The fourth-order valence-electron chi connectivity index (χ4n) is 3.09. The van der Waals surface area contributed by atoms with Crippen LogP contribution in [0.15, 0.2) is 47.4 Å². The van der Waals surface area contributed by atoms with Crippen molar-refractivity contribution in [3.05, 3.63) is 58.1 Å². The summed E-state index contributed by atoms with van der Waals surface area (Å²) < 4.78 is 38.8. The Morgan fingerprint density at radius 1 is 1.11 bits per heavy atom. The van der Waals surface area contributed by atoms with Crippen molar-refractivity contribution in [2.45, 2.75) is 10.9 Å². The van der Waals surface area contributed by atoms with Crippen LogP contribution in [0.3, 0.4) is 0 Å². The summed E-state index contributed by atoms with van der Waals surface area (Å²) in [6, 6.07) is 11.8. The van der Waals surface area contributed by atoms with Crippen molar-refractivity contribution in [3.8, 4) is 5.75 Å². The van der Waals surface area contributed by atoms with Crippen molar-refractivity contribution in [2.24, 2.45) is 0 Å². The Labute approximate surface area is 175 Å². The number of halogens is 2. The topological polar surface area (TPSA) is 67.9 Å². The number of benzene rings is 2. The molecule has 0 amide bonds. The molecule has 1 N–H and O–H groups in total. The number of sulfonamides is 1. The molecular formula is C19H22Cl2N2O4S. The van der Waals surface area contributed by atoms with Crippen LogP contribution in [0.5, 0.6) is 5.75 Å². The van der Waals surface area contributed by atoms with E-state index in [1.807, 2.05) is 24.3 Å². The number of methoxy groups -OCH3 is 1. The maximum absolute atomic E-state index is 12.7. The van der Waals surface area contributed by atoms with E-state index in [0.29, 0.717) is 18.2 Å². The number of morpholine rings is 1. The number of rotatable bonds is 7. The fourth-order valence-corrected chi connectivity index (χ4v) is 4.52. The van der Waals surface area contributed by atoms with Crippen molar-refractivity contribution in [3.63, 3.8) is 0 Å². The second kappa shape index (κ2) is 9.43. The SMILES string of the molecule is COc1ccc(C(CNS(=O)(=O)c2ccc(Cl)c(Cl)c2)N2CCOCC2)cc1. The normalized spacial score (nSPS) is 16.7. The van der Waals surface area contributed by atoms with Crippen LogP contribution in [-0.4, -0.2) is 53.3 Å². The first-order valence-corrected chi connectivity index (χ1v) is 11.0. The molecule has 2 aromatic rings. The molecular weight excluding hydrogens is 423 g/mol. The van der Waals surface area contributed by atoms with Crippen LogP contribution in [0.25, 0.3) is 0 Å². The maximum atomic E-state index is 12.7. The number of hydrogen-bond acceptors (Lipinski definition) is 5. The van der Waals surface area contributed by atoms with Gasteiger partial charge in [-0.3, -0.25) is 4.90 Å². The summed E-state index contributed by atoms with van der Waals surface area (Å²) in [5.41, 5.74) is 1.000. The third kappa shape index (κ3) is 5.17. The highest BCUT2D eigenvalue weighted by Gasteiger charge is 2.25. The Balaban J connectivity index is 1.80. The third-order valence-corrected chi connectivity index (χ3v) is 6.82. The second-order valence-corrected chi connectivity index (χ2v) is 8.95. The molecule has 2 aromatic carbocycles. The Morgan fingerprint density at radius 3 is 2.39 bits per heavy atom. The van der Waals surface area contributed by atoms with E-state index in [1.54, 1.807) is 7.11 Å². The zero-order valence-electron chi connectivity index (χ0n) is 15.4. The lowest BCUT2D eigenvalue weighted by molar-refractivity contribution is 0.0172. The lowest BCUT2D eigenvalue weighted by atomic mass is 10.0.